The van der Waals surface area contributed by atoms with Crippen molar-refractivity contribution in [3.63, 3.8) is 0 Å². The van der Waals surface area contributed by atoms with Gasteiger partial charge < -0.3 is 20.5 Å². The number of carbonyl (C=O) groups is 2. The molecular weight excluding hydrogens is 268 g/mol. The number of carboxylic acids is 1. The molecule has 19 heavy (non-hydrogen) atoms. The molecule has 0 unspecified atom stereocenters. The molecule has 0 radical (unpaired) electrons. The highest BCUT2D eigenvalue weighted by molar-refractivity contribution is 7.81. The summed E-state index contributed by atoms with van der Waals surface area (Å²) in [5.74, 6) is -1.42. The van der Waals surface area contributed by atoms with Crippen LogP contribution in [-0.4, -0.2) is 58.0 Å². The Morgan fingerprint density at radius 3 is 2.58 bits per heavy atom. The standard InChI is InChI=1S/C12H22N2O4S/c1-4-18-7-5-8(11(16)17)14(6-7)10(15)9(13)12(2,3)19/h7-9,19H,4-6,13H2,1-3H3,(H,16,17)/t7-,8+,9-/m1/s1. The molecule has 0 aliphatic carbocycles. The number of carboxylic acid groups (broad SMARTS) is 1. The summed E-state index contributed by atoms with van der Waals surface area (Å²) < 4.78 is 4.71. The highest BCUT2D eigenvalue weighted by Crippen LogP contribution is 2.25. The van der Waals surface area contributed by atoms with Crippen molar-refractivity contribution >= 4 is 24.5 Å². The maximum atomic E-state index is 12.3. The summed E-state index contributed by atoms with van der Waals surface area (Å²) in [5, 5.41) is 9.19. The molecule has 6 nitrogen and oxygen atoms in total. The largest absolute Gasteiger partial charge is 0.480 e. The summed E-state index contributed by atoms with van der Waals surface area (Å²) in [6.45, 7) is 6.04. The fourth-order valence-corrected chi connectivity index (χ4v) is 2.22. The number of nitrogens with two attached hydrogens (primary N) is 1. The van der Waals surface area contributed by atoms with Gasteiger partial charge >= 0.3 is 5.97 Å². The molecule has 1 amide bonds. The molecule has 0 saturated carbocycles. The SMILES string of the molecule is CCO[C@@H]1C[C@@H](C(=O)O)N(C(=O)[C@@H](N)C(C)(C)S)C1. The molecule has 0 aromatic heterocycles. The van der Waals surface area contributed by atoms with Gasteiger partial charge in [-0.25, -0.2) is 4.79 Å². The van der Waals surface area contributed by atoms with Crippen molar-refractivity contribution in [1.29, 1.82) is 0 Å². The average Bonchev–Trinajstić information content (AvgIpc) is 2.70. The predicted octanol–water partition coefficient (Wildman–Crippen LogP) is 0.113. The first kappa shape index (κ1) is 16.3. The molecule has 0 spiro atoms. The zero-order valence-electron chi connectivity index (χ0n) is 11.5. The first-order valence-corrected chi connectivity index (χ1v) is 6.76. The van der Waals surface area contributed by atoms with Crippen molar-refractivity contribution in [2.45, 2.75) is 50.1 Å². The molecular formula is C12H22N2O4S. The van der Waals surface area contributed by atoms with Gasteiger partial charge in [-0.05, 0) is 20.8 Å². The summed E-state index contributed by atoms with van der Waals surface area (Å²) in [4.78, 5) is 24.8. The first-order valence-electron chi connectivity index (χ1n) is 6.31. The molecule has 1 rings (SSSR count). The fraction of sp³-hybridized carbons (Fsp3) is 0.833. The number of amides is 1. The summed E-state index contributed by atoms with van der Waals surface area (Å²) in [5.41, 5.74) is 5.85. The zero-order valence-corrected chi connectivity index (χ0v) is 12.4. The molecule has 0 bridgehead atoms. The molecule has 0 aromatic rings. The van der Waals surface area contributed by atoms with E-state index in [-0.39, 0.29) is 12.6 Å². The summed E-state index contributed by atoms with van der Waals surface area (Å²) in [6.07, 6.45) is 0.0551. The molecule has 7 heteroatoms. The van der Waals surface area contributed by atoms with E-state index in [0.29, 0.717) is 13.0 Å². The average molecular weight is 290 g/mol. The minimum Gasteiger partial charge on any atom is -0.480 e. The number of hydrogen-bond acceptors (Lipinski definition) is 5. The Balaban J connectivity index is 2.84. The van der Waals surface area contributed by atoms with Crippen LogP contribution in [0.1, 0.15) is 27.2 Å². The number of thiol groups is 1. The van der Waals surface area contributed by atoms with Crippen LogP contribution in [0, 0.1) is 0 Å². The van der Waals surface area contributed by atoms with Crippen molar-refractivity contribution < 1.29 is 19.4 Å². The van der Waals surface area contributed by atoms with E-state index < -0.39 is 28.7 Å². The molecule has 3 N–H and O–H groups in total. The minimum absolute atomic E-state index is 0.245. The number of aliphatic carboxylic acids is 1. The van der Waals surface area contributed by atoms with E-state index in [9.17, 15) is 14.7 Å². The Hall–Kier alpha value is -0.790. The number of hydrogen-bond donors (Lipinski definition) is 3. The van der Waals surface area contributed by atoms with Crippen LogP contribution in [0.25, 0.3) is 0 Å². The van der Waals surface area contributed by atoms with Crippen LogP contribution >= 0.6 is 12.6 Å². The quantitative estimate of drug-likeness (QED) is 0.625. The highest BCUT2D eigenvalue weighted by Gasteiger charge is 2.43. The topological polar surface area (TPSA) is 92.9 Å². The number of carbonyl (C=O) groups excluding carboxylic acids is 1. The summed E-state index contributed by atoms with van der Waals surface area (Å²) in [7, 11) is 0. The smallest absolute Gasteiger partial charge is 0.326 e. The zero-order chi connectivity index (χ0) is 14.8. The van der Waals surface area contributed by atoms with Gasteiger partial charge in [-0.2, -0.15) is 12.6 Å². The van der Waals surface area contributed by atoms with Crippen molar-refractivity contribution in [3.8, 4) is 0 Å². The van der Waals surface area contributed by atoms with Crippen molar-refractivity contribution in [1.82, 2.24) is 4.90 Å². The predicted molar refractivity (Wildman–Crippen MR) is 74.2 cm³/mol. The minimum atomic E-state index is -1.03. The van der Waals surface area contributed by atoms with Gasteiger partial charge in [-0.15, -0.1) is 0 Å². The van der Waals surface area contributed by atoms with Crippen LogP contribution in [0.2, 0.25) is 0 Å². The maximum absolute atomic E-state index is 12.3. The van der Waals surface area contributed by atoms with Crippen molar-refractivity contribution in [2.24, 2.45) is 5.73 Å². The Labute approximate surface area is 118 Å². The first-order chi connectivity index (χ1) is 8.68. The van der Waals surface area contributed by atoms with Gasteiger partial charge in [0.25, 0.3) is 0 Å². The summed E-state index contributed by atoms with van der Waals surface area (Å²) in [6, 6.07) is -1.72. The second kappa shape index (κ2) is 6.11. The Bertz CT molecular complexity index is 356. The Kier molecular flexibility index (Phi) is 5.23. The van der Waals surface area contributed by atoms with E-state index >= 15 is 0 Å². The van der Waals surface area contributed by atoms with E-state index in [1.807, 2.05) is 6.92 Å². The third-order valence-electron chi connectivity index (χ3n) is 3.26. The monoisotopic (exact) mass is 290 g/mol. The van der Waals surface area contributed by atoms with E-state index in [1.54, 1.807) is 13.8 Å². The lowest BCUT2D eigenvalue weighted by atomic mass is 10.0. The fourth-order valence-electron chi connectivity index (χ4n) is 2.11. The molecule has 1 heterocycles. The lowest BCUT2D eigenvalue weighted by Gasteiger charge is -2.31. The van der Waals surface area contributed by atoms with Crippen LogP contribution < -0.4 is 5.73 Å². The highest BCUT2D eigenvalue weighted by atomic mass is 32.1. The molecule has 1 fully saturated rings. The number of ether oxygens (including phenoxy) is 1. The molecule has 1 aliphatic rings. The van der Waals surface area contributed by atoms with Crippen LogP contribution in [-0.2, 0) is 14.3 Å². The second-order valence-electron chi connectivity index (χ2n) is 5.29. The van der Waals surface area contributed by atoms with Crippen LogP contribution in [0.4, 0.5) is 0 Å². The van der Waals surface area contributed by atoms with E-state index in [4.69, 9.17) is 10.5 Å². The van der Waals surface area contributed by atoms with Crippen LogP contribution in [0.3, 0.4) is 0 Å². The van der Waals surface area contributed by atoms with Gasteiger partial charge in [0, 0.05) is 24.3 Å². The summed E-state index contributed by atoms with van der Waals surface area (Å²) >= 11 is 4.28. The van der Waals surface area contributed by atoms with Crippen LogP contribution in [0.15, 0.2) is 0 Å². The Morgan fingerprint density at radius 2 is 2.16 bits per heavy atom. The number of nitrogens with zero attached hydrogens (tertiary/aromatic N) is 1. The van der Waals surface area contributed by atoms with Gasteiger partial charge in [-0.3, -0.25) is 4.79 Å². The Morgan fingerprint density at radius 1 is 1.58 bits per heavy atom. The number of rotatable bonds is 5. The van der Waals surface area contributed by atoms with Crippen molar-refractivity contribution in [3.05, 3.63) is 0 Å². The van der Waals surface area contributed by atoms with Gasteiger partial charge in [0.15, 0.2) is 0 Å². The normalized spacial score (nSPS) is 25.4. The third kappa shape index (κ3) is 3.84. The third-order valence-corrected chi connectivity index (χ3v) is 3.54. The van der Waals surface area contributed by atoms with Gasteiger partial charge in [0.05, 0.1) is 12.1 Å². The van der Waals surface area contributed by atoms with Crippen LogP contribution in [0.5, 0.6) is 0 Å². The lowest BCUT2D eigenvalue weighted by molar-refractivity contribution is -0.148. The molecule has 1 aliphatic heterocycles. The molecule has 3 atom stereocenters. The van der Waals surface area contributed by atoms with Gasteiger partial charge in [0.2, 0.25) is 5.91 Å². The maximum Gasteiger partial charge on any atom is 0.326 e. The molecule has 110 valence electrons. The van der Waals surface area contributed by atoms with E-state index in [2.05, 4.69) is 12.6 Å². The number of likely N-dealkylation sites (tertiary alicyclic amines) is 1. The second-order valence-corrected chi connectivity index (χ2v) is 6.44. The molecule has 1 saturated heterocycles. The lowest BCUT2D eigenvalue weighted by Crippen LogP contribution is -2.55. The van der Waals surface area contributed by atoms with E-state index in [0.717, 1.165) is 0 Å². The van der Waals surface area contributed by atoms with Crippen molar-refractivity contribution in [2.75, 3.05) is 13.2 Å². The van der Waals surface area contributed by atoms with Gasteiger partial charge in [0.1, 0.15) is 6.04 Å². The van der Waals surface area contributed by atoms with E-state index in [1.165, 1.54) is 4.90 Å². The van der Waals surface area contributed by atoms with Gasteiger partial charge in [-0.1, -0.05) is 0 Å². The molecule has 0 aromatic carbocycles.